The van der Waals surface area contributed by atoms with Crippen molar-refractivity contribution in [1.29, 1.82) is 0 Å². The minimum Gasteiger partial charge on any atom is -0.462 e. The van der Waals surface area contributed by atoms with Gasteiger partial charge in [0.25, 0.3) is 0 Å². The molecule has 0 unspecified atom stereocenters. The lowest BCUT2D eigenvalue weighted by Crippen LogP contribution is -2.17. The zero-order chi connectivity index (χ0) is 16.3. The molecule has 1 aromatic rings. The summed E-state index contributed by atoms with van der Waals surface area (Å²) in [5.41, 5.74) is -3.91. The van der Waals surface area contributed by atoms with E-state index < -0.39 is 35.0 Å². The summed E-state index contributed by atoms with van der Waals surface area (Å²) >= 11 is 0. The van der Waals surface area contributed by atoms with Crippen LogP contribution in [0.4, 0.5) is 26.3 Å². The Kier molecular flexibility index (Phi) is 5.25. The van der Waals surface area contributed by atoms with Gasteiger partial charge in [0, 0.05) is 0 Å². The summed E-state index contributed by atoms with van der Waals surface area (Å²) in [6.07, 6.45) is -8.75. The molecule has 0 aliphatic carbocycles. The summed E-state index contributed by atoms with van der Waals surface area (Å²) in [6.45, 7) is 1.61. The van der Waals surface area contributed by atoms with Crippen molar-refractivity contribution in [3.8, 4) is 0 Å². The van der Waals surface area contributed by atoms with Crippen LogP contribution in [0, 0.1) is 0 Å². The summed E-state index contributed by atoms with van der Waals surface area (Å²) in [5.74, 6) is -1.41. The fourth-order valence-corrected chi connectivity index (χ4v) is 1.52. The van der Waals surface area contributed by atoms with Gasteiger partial charge < -0.3 is 4.74 Å². The topological polar surface area (TPSA) is 26.3 Å². The number of esters is 1. The number of hydrogen-bond acceptors (Lipinski definition) is 2. The van der Waals surface area contributed by atoms with E-state index in [0.29, 0.717) is 12.8 Å². The Morgan fingerprint density at radius 3 is 2.19 bits per heavy atom. The number of rotatable bonds is 4. The molecule has 0 aliphatic heterocycles. The van der Waals surface area contributed by atoms with Gasteiger partial charge in [0.05, 0.1) is 23.3 Å². The molecule has 0 fully saturated rings. The number of hydrogen-bond donors (Lipinski definition) is 0. The van der Waals surface area contributed by atoms with E-state index in [1.165, 1.54) is 0 Å². The maximum absolute atomic E-state index is 12.7. The van der Waals surface area contributed by atoms with Gasteiger partial charge in [-0.2, -0.15) is 26.3 Å². The smallest absolute Gasteiger partial charge is 0.417 e. The molecular weight excluding hydrogens is 302 g/mol. The van der Waals surface area contributed by atoms with Crippen LogP contribution in [0.2, 0.25) is 0 Å². The second kappa shape index (κ2) is 6.36. The van der Waals surface area contributed by atoms with Crippen molar-refractivity contribution in [2.45, 2.75) is 32.1 Å². The zero-order valence-corrected chi connectivity index (χ0v) is 10.9. The highest BCUT2D eigenvalue weighted by atomic mass is 19.4. The van der Waals surface area contributed by atoms with E-state index in [-0.39, 0.29) is 24.8 Å². The number of carbonyl (C=O) groups is 1. The molecule has 1 rings (SSSR count). The Morgan fingerprint density at radius 1 is 1.10 bits per heavy atom. The third kappa shape index (κ3) is 4.64. The highest BCUT2D eigenvalue weighted by Gasteiger charge is 2.39. The number of ether oxygens (including phenoxy) is 1. The largest absolute Gasteiger partial charge is 0.462 e. The fourth-order valence-electron chi connectivity index (χ4n) is 1.52. The molecule has 0 amide bonds. The van der Waals surface area contributed by atoms with Gasteiger partial charge in [-0.15, -0.1) is 0 Å². The summed E-state index contributed by atoms with van der Waals surface area (Å²) in [6, 6.07) is 0.683. The molecule has 0 bridgehead atoms. The molecule has 8 heteroatoms. The molecular formula is C13H12F6O2. The molecule has 0 aromatic heterocycles. The average molecular weight is 314 g/mol. The predicted octanol–water partition coefficient (Wildman–Crippen LogP) is 4.68. The molecule has 0 saturated carbocycles. The minimum absolute atomic E-state index is 0.150. The predicted molar refractivity (Wildman–Crippen MR) is 61.6 cm³/mol. The van der Waals surface area contributed by atoms with E-state index in [4.69, 9.17) is 0 Å². The van der Waals surface area contributed by atoms with Crippen LogP contribution in [0.25, 0.3) is 0 Å². The Morgan fingerprint density at radius 2 is 1.71 bits per heavy atom. The van der Waals surface area contributed by atoms with Gasteiger partial charge in [0.1, 0.15) is 0 Å². The Bertz CT molecular complexity index is 504. The SMILES string of the molecule is CCCCOC(=O)c1cc(C(F)(F)F)ccc1C(F)(F)F. The van der Waals surface area contributed by atoms with Crippen LogP contribution in [-0.2, 0) is 17.1 Å². The first-order valence-corrected chi connectivity index (χ1v) is 6.03. The monoisotopic (exact) mass is 314 g/mol. The lowest BCUT2D eigenvalue weighted by molar-refractivity contribution is -0.141. The molecule has 118 valence electrons. The van der Waals surface area contributed by atoms with Gasteiger partial charge in [0.15, 0.2) is 0 Å². The van der Waals surface area contributed by atoms with Crippen LogP contribution < -0.4 is 0 Å². The third-order valence-electron chi connectivity index (χ3n) is 2.60. The van der Waals surface area contributed by atoms with Crippen molar-refractivity contribution in [3.63, 3.8) is 0 Å². The van der Waals surface area contributed by atoms with E-state index >= 15 is 0 Å². The second-order valence-electron chi connectivity index (χ2n) is 4.25. The molecule has 1 aromatic carbocycles. The molecule has 21 heavy (non-hydrogen) atoms. The minimum atomic E-state index is -4.94. The van der Waals surface area contributed by atoms with E-state index in [9.17, 15) is 31.1 Å². The van der Waals surface area contributed by atoms with Gasteiger partial charge in [0.2, 0.25) is 0 Å². The summed E-state index contributed by atoms with van der Waals surface area (Å²) < 4.78 is 80.4. The van der Waals surface area contributed by atoms with E-state index in [0.717, 1.165) is 0 Å². The molecule has 0 atom stereocenters. The number of carbonyl (C=O) groups excluding carboxylic acids is 1. The van der Waals surface area contributed by atoms with Crippen molar-refractivity contribution in [3.05, 3.63) is 34.9 Å². The fraction of sp³-hybridized carbons (Fsp3) is 0.462. The maximum atomic E-state index is 12.7. The number of unbranched alkanes of at least 4 members (excludes halogenated alkanes) is 1. The Balaban J connectivity index is 3.20. The highest BCUT2D eigenvalue weighted by Crippen LogP contribution is 2.36. The Labute approximate surface area is 116 Å². The summed E-state index contributed by atoms with van der Waals surface area (Å²) in [7, 11) is 0. The van der Waals surface area contributed by atoms with Gasteiger partial charge in [-0.05, 0) is 24.6 Å². The Hall–Kier alpha value is -1.73. The van der Waals surface area contributed by atoms with Crippen molar-refractivity contribution >= 4 is 5.97 Å². The molecule has 2 nitrogen and oxygen atoms in total. The maximum Gasteiger partial charge on any atom is 0.417 e. The number of alkyl halides is 6. The van der Waals surface area contributed by atoms with E-state index in [1.54, 1.807) is 6.92 Å². The molecule has 0 aliphatic rings. The van der Waals surface area contributed by atoms with E-state index in [2.05, 4.69) is 4.74 Å². The number of benzene rings is 1. The van der Waals surface area contributed by atoms with Gasteiger partial charge >= 0.3 is 18.3 Å². The highest BCUT2D eigenvalue weighted by molar-refractivity contribution is 5.91. The van der Waals surface area contributed by atoms with Crippen LogP contribution in [0.3, 0.4) is 0 Å². The first-order chi connectivity index (χ1) is 9.57. The van der Waals surface area contributed by atoms with Crippen molar-refractivity contribution in [2.24, 2.45) is 0 Å². The summed E-state index contributed by atoms with van der Waals surface area (Å²) in [4.78, 5) is 11.6. The standard InChI is InChI=1S/C13H12F6O2/c1-2-3-6-21-11(20)9-7-8(12(14,15)16)4-5-10(9)13(17,18)19/h4-5,7H,2-3,6H2,1H3. The van der Waals surface area contributed by atoms with Crippen molar-refractivity contribution in [2.75, 3.05) is 6.61 Å². The number of halogens is 6. The first kappa shape index (κ1) is 17.3. The van der Waals surface area contributed by atoms with Crippen molar-refractivity contribution < 1.29 is 35.9 Å². The average Bonchev–Trinajstić information content (AvgIpc) is 2.36. The van der Waals surface area contributed by atoms with Gasteiger partial charge in [-0.3, -0.25) is 0 Å². The molecule has 0 heterocycles. The van der Waals surface area contributed by atoms with E-state index in [1.807, 2.05) is 0 Å². The van der Waals surface area contributed by atoms with Crippen LogP contribution in [0.1, 0.15) is 41.3 Å². The third-order valence-corrected chi connectivity index (χ3v) is 2.60. The summed E-state index contributed by atoms with van der Waals surface area (Å²) in [5, 5.41) is 0. The van der Waals surface area contributed by atoms with Gasteiger partial charge in [-0.25, -0.2) is 4.79 Å². The van der Waals surface area contributed by atoms with Gasteiger partial charge in [-0.1, -0.05) is 13.3 Å². The lowest BCUT2D eigenvalue weighted by Gasteiger charge is -2.15. The first-order valence-electron chi connectivity index (χ1n) is 6.03. The second-order valence-corrected chi connectivity index (χ2v) is 4.25. The normalized spacial score (nSPS) is 12.3. The van der Waals surface area contributed by atoms with Crippen LogP contribution in [0.15, 0.2) is 18.2 Å². The quantitative estimate of drug-likeness (QED) is 0.458. The van der Waals surface area contributed by atoms with Crippen LogP contribution >= 0.6 is 0 Å². The molecule has 0 N–H and O–H groups in total. The lowest BCUT2D eigenvalue weighted by atomic mass is 10.0. The molecule has 0 radical (unpaired) electrons. The van der Waals surface area contributed by atoms with Crippen LogP contribution in [0.5, 0.6) is 0 Å². The van der Waals surface area contributed by atoms with Crippen molar-refractivity contribution in [1.82, 2.24) is 0 Å². The molecule has 0 spiro atoms. The van der Waals surface area contributed by atoms with Crippen LogP contribution in [-0.4, -0.2) is 12.6 Å². The zero-order valence-electron chi connectivity index (χ0n) is 10.9. The molecule has 0 saturated heterocycles.